The third-order valence-electron chi connectivity index (χ3n) is 2.47. The number of aromatic nitrogens is 2. The second-order valence-electron chi connectivity index (χ2n) is 3.82. The lowest BCUT2D eigenvalue weighted by Gasteiger charge is -2.05. The fourth-order valence-electron chi connectivity index (χ4n) is 1.54. The van der Waals surface area contributed by atoms with Crippen molar-refractivity contribution in [3.8, 4) is 11.4 Å². The Balaban J connectivity index is 2.55. The first-order valence-electron chi connectivity index (χ1n) is 5.36. The Hall–Kier alpha value is -2.27. The molecule has 2 rings (SSSR count). The molecule has 0 saturated carbocycles. The standard InChI is InChI=1S/C13H9ClN2O3/c1-7(17)10-6-15-12(16-11(10)13(18)19)8-2-4-9(14)5-3-8/h2-6H,1H3,(H,18,19). The first-order valence-corrected chi connectivity index (χ1v) is 5.74. The van der Waals surface area contributed by atoms with Gasteiger partial charge in [-0.2, -0.15) is 0 Å². The molecule has 19 heavy (non-hydrogen) atoms. The van der Waals surface area contributed by atoms with E-state index in [9.17, 15) is 9.59 Å². The molecule has 0 amide bonds. The van der Waals surface area contributed by atoms with Crippen LogP contribution in [0.2, 0.25) is 5.02 Å². The molecular weight excluding hydrogens is 268 g/mol. The largest absolute Gasteiger partial charge is 0.476 e. The molecule has 0 aliphatic rings. The highest BCUT2D eigenvalue weighted by Gasteiger charge is 2.17. The molecule has 5 nitrogen and oxygen atoms in total. The van der Waals surface area contributed by atoms with Gasteiger partial charge < -0.3 is 5.11 Å². The molecule has 0 saturated heterocycles. The van der Waals surface area contributed by atoms with Crippen LogP contribution in [0.3, 0.4) is 0 Å². The normalized spacial score (nSPS) is 10.2. The van der Waals surface area contributed by atoms with Crippen molar-refractivity contribution < 1.29 is 14.7 Å². The van der Waals surface area contributed by atoms with Gasteiger partial charge in [0.05, 0.1) is 5.56 Å². The van der Waals surface area contributed by atoms with E-state index >= 15 is 0 Å². The maximum absolute atomic E-state index is 11.3. The van der Waals surface area contributed by atoms with E-state index in [4.69, 9.17) is 16.7 Å². The predicted molar refractivity (Wildman–Crippen MR) is 69.4 cm³/mol. The van der Waals surface area contributed by atoms with Crippen molar-refractivity contribution in [3.63, 3.8) is 0 Å². The summed E-state index contributed by atoms with van der Waals surface area (Å²) in [5.74, 6) is -1.41. The quantitative estimate of drug-likeness (QED) is 0.872. The van der Waals surface area contributed by atoms with Crippen molar-refractivity contribution in [2.24, 2.45) is 0 Å². The monoisotopic (exact) mass is 276 g/mol. The van der Waals surface area contributed by atoms with Gasteiger partial charge in [-0.25, -0.2) is 14.8 Å². The van der Waals surface area contributed by atoms with Crippen LogP contribution < -0.4 is 0 Å². The molecule has 0 spiro atoms. The average Bonchev–Trinajstić information content (AvgIpc) is 2.38. The molecule has 0 radical (unpaired) electrons. The van der Waals surface area contributed by atoms with E-state index in [2.05, 4.69) is 9.97 Å². The van der Waals surface area contributed by atoms with Crippen LogP contribution in [0, 0.1) is 0 Å². The van der Waals surface area contributed by atoms with Crippen molar-refractivity contribution >= 4 is 23.4 Å². The van der Waals surface area contributed by atoms with Crippen molar-refractivity contribution in [3.05, 3.63) is 46.7 Å². The van der Waals surface area contributed by atoms with Crippen LogP contribution in [0.1, 0.15) is 27.8 Å². The number of carbonyl (C=O) groups is 2. The number of halogens is 1. The average molecular weight is 277 g/mol. The molecule has 2 aromatic rings. The molecule has 0 fully saturated rings. The Morgan fingerprint density at radius 3 is 2.37 bits per heavy atom. The van der Waals surface area contributed by atoms with E-state index in [1.807, 2.05) is 0 Å². The molecule has 6 heteroatoms. The number of rotatable bonds is 3. The zero-order chi connectivity index (χ0) is 14.0. The highest BCUT2D eigenvalue weighted by molar-refractivity contribution is 6.30. The molecule has 0 aliphatic heterocycles. The van der Waals surface area contributed by atoms with Crippen LogP contribution in [-0.2, 0) is 0 Å². The minimum atomic E-state index is -1.26. The predicted octanol–water partition coefficient (Wildman–Crippen LogP) is 2.70. The smallest absolute Gasteiger partial charge is 0.355 e. The SMILES string of the molecule is CC(=O)c1cnc(-c2ccc(Cl)cc2)nc1C(=O)O. The third kappa shape index (κ3) is 2.77. The number of ketones is 1. The number of carbonyl (C=O) groups excluding carboxylic acids is 1. The molecule has 0 aliphatic carbocycles. The highest BCUT2D eigenvalue weighted by Crippen LogP contribution is 2.19. The Bertz CT molecular complexity index is 653. The van der Waals surface area contributed by atoms with Crippen LogP contribution in [0.15, 0.2) is 30.5 Å². The van der Waals surface area contributed by atoms with Gasteiger partial charge in [0.2, 0.25) is 0 Å². The number of aromatic carboxylic acids is 1. The van der Waals surface area contributed by atoms with Gasteiger partial charge in [0.1, 0.15) is 0 Å². The number of Topliss-reactive ketones (excluding diaryl/α,β-unsaturated/α-hetero) is 1. The van der Waals surface area contributed by atoms with Crippen LogP contribution in [0.4, 0.5) is 0 Å². The van der Waals surface area contributed by atoms with Crippen LogP contribution in [0.5, 0.6) is 0 Å². The molecule has 1 N–H and O–H groups in total. The van der Waals surface area contributed by atoms with Gasteiger partial charge in [-0.15, -0.1) is 0 Å². The molecule has 0 bridgehead atoms. The van der Waals surface area contributed by atoms with Crippen molar-refractivity contribution in [2.45, 2.75) is 6.92 Å². The van der Waals surface area contributed by atoms with Gasteiger partial charge in [-0.05, 0) is 31.2 Å². The maximum atomic E-state index is 11.3. The number of benzene rings is 1. The first-order chi connectivity index (χ1) is 8.99. The summed E-state index contributed by atoms with van der Waals surface area (Å²) in [6.07, 6.45) is 1.22. The Kier molecular flexibility index (Phi) is 3.57. The fraction of sp³-hybridized carbons (Fsp3) is 0.0769. The zero-order valence-corrected chi connectivity index (χ0v) is 10.7. The van der Waals surface area contributed by atoms with E-state index in [1.54, 1.807) is 24.3 Å². The minimum absolute atomic E-state index is 0.00906. The molecule has 1 aromatic heterocycles. The number of carboxylic acids is 1. The second kappa shape index (κ2) is 5.16. The summed E-state index contributed by atoms with van der Waals surface area (Å²) in [7, 11) is 0. The number of hydrogen-bond donors (Lipinski definition) is 1. The molecule has 1 heterocycles. The van der Waals surface area contributed by atoms with Gasteiger partial charge in [0.15, 0.2) is 17.3 Å². The summed E-state index contributed by atoms with van der Waals surface area (Å²) in [5, 5.41) is 9.62. The Labute approximate surface area is 113 Å². The minimum Gasteiger partial charge on any atom is -0.476 e. The molecule has 0 atom stereocenters. The molecule has 96 valence electrons. The third-order valence-corrected chi connectivity index (χ3v) is 2.73. The molecular formula is C13H9ClN2O3. The zero-order valence-electron chi connectivity index (χ0n) is 9.92. The number of nitrogens with zero attached hydrogens (tertiary/aromatic N) is 2. The van der Waals surface area contributed by atoms with Crippen molar-refractivity contribution in [2.75, 3.05) is 0 Å². The van der Waals surface area contributed by atoms with E-state index < -0.39 is 5.97 Å². The molecule has 0 unspecified atom stereocenters. The van der Waals surface area contributed by atoms with Crippen LogP contribution in [0.25, 0.3) is 11.4 Å². The van der Waals surface area contributed by atoms with Crippen molar-refractivity contribution in [1.82, 2.24) is 9.97 Å². The first kappa shape index (κ1) is 13.2. The summed E-state index contributed by atoms with van der Waals surface area (Å²) in [6, 6.07) is 6.66. The fourth-order valence-corrected chi connectivity index (χ4v) is 1.67. The summed E-state index contributed by atoms with van der Waals surface area (Å²) in [6.45, 7) is 1.27. The van der Waals surface area contributed by atoms with Gasteiger partial charge in [0.25, 0.3) is 0 Å². The summed E-state index contributed by atoms with van der Waals surface area (Å²) in [4.78, 5) is 30.3. The lowest BCUT2D eigenvalue weighted by Crippen LogP contribution is -2.11. The Morgan fingerprint density at radius 1 is 1.21 bits per heavy atom. The summed E-state index contributed by atoms with van der Waals surface area (Å²) < 4.78 is 0. The van der Waals surface area contributed by atoms with E-state index in [0.717, 1.165) is 0 Å². The van der Waals surface area contributed by atoms with E-state index in [0.29, 0.717) is 10.6 Å². The van der Waals surface area contributed by atoms with Crippen LogP contribution in [-0.4, -0.2) is 26.8 Å². The van der Waals surface area contributed by atoms with E-state index in [-0.39, 0.29) is 22.9 Å². The summed E-state index contributed by atoms with van der Waals surface area (Å²) >= 11 is 5.77. The van der Waals surface area contributed by atoms with Gasteiger partial charge >= 0.3 is 5.97 Å². The van der Waals surface area contributed by atoms with Gasteiger partial charge in [-0.1, -0.05) is 11.6 Å². The van der Waals surface area contributed by atoms with Crippen molar-refractivity contribution in [1.29, 1.82) is 0 Å². The van der Waals surface area contributed by atoms with Crippen LogP contribution >= 0.6 is 11.6 Å². The number of carboxylic acid groups (broad SMARTS) is 1. The lowest BCUT2D eigenvalue weighted by atomic mass is 10.1. The van der Waals surface area contributed by atoms with E-state index in [1.165, 1.54) is 13.1 Å². The Morgan fingerprint density at radius 2 is 1.84 bits per heavy atom. The maximum Gasteiger partial charge on any atom is 0.355 e. The summed E-state index contributed by atoms with van der Waals surface area (Å²) in [5.41, 5.74) is 0.319. The second-order valence-corrected chi connectivity index (χ2v) is 4.26. The topological polar surface area (TPSA) is 80.2 Å². The van der Waals surface area contributed by atoms with Gasteiger partial charge in [0, 0.05) is 16.8 Å². The highest BCUT2D eigenvalue weighted by atomic mass is 35.5. The molecule has 1 aromatic carbocycles. The van der Waals surface area contributed by atoms with Gasteiger partial charge in [-0.3, -0.25) is 4.79 Å². The lowest BCUT2D eigenvalue weighted by molar-refractivity contribution is 0.0685. The number of hydrogen-bond acceptors (Lipinski definition) is 4.